The summed E-state index contributed by atoms with van der Waals surface area (Å²) in [5, 5.41) is 5.83. The van der Waals surface area contributed by atoms with E-state index in [9.17, 15) is 13.2 Å². The van der Waals surface area contributed by atoms with Crippen LogP contribution in [0.3, 0.4) is 0 Å². The number of sulfone groups is 1. The molecule has 0 atom stereocenters. The Morgan fingerprint density at radius 3 is 2.78 bits per heavy atom. The van der Waals surface area contributed by atoms with Gasteiger partial charge in [0.05, 0.1) is 5.69 Å². The number of hydrogen-bond acceptors (Lipinski definition) is 7. The Hall–Kier alpha value is -3.01. The zero-order chi connectivity index (χ0) is 19.2. The SMILES string of the molecule is Cc1nc2c(Nc3ncccc3S(C)(=O)=O)cc(NC(=O)C3CC3)nc2[nH]1. The molecule has 3 aromatic rings. The molecule has 0 aliphatic heterocycles. The number of fused-ring (bicyclic) bond motifs is 1. The summed E-state index contributed by atoms with van der Waals surface area (Å²) in [4.78, 5) is 28.1. The second kappa shape index (κ2) is 6.31. The lowest BCUT2D eigenvalue weighted by Gasteiger charge is -2.11. The first kappa shape index (κ1) is 17.4. The summed E-state index contributed by atoms with van der Waals surface area (Å²) in [6, 6.07) is 4.67. The van der Waals surface area contributed by atoms with Gasteiger partial charge in [0.15, 0.2) is 15.5 Å². The van der Waals surface area contributed by atoms with Gasteiger partial charge in [-0.25, -0.2) is 23.4 Å². The molecule has 27 heavy (non-hydrogen) atoms. The summed E-state index contributed by atoms with van der Waals surface area (Å²) < 4.78 is 24.1. The fourth-order valence-corrected chi connectivity index (χ4v) is 3.53. The molecule has 0 saturated heterocycles. The lowest BCUT2D eigenvalue weighted by molar-refractivity contribution is -0.117. The van der Waals surface area contributed by atoms with Crippen LogP contribution in [0.5, 0.6) is 0 Å². The number of carbonyl (C=O) groups excluding carboxylic acids is 1. The first-order chi connectivity index (χ1) is 12.8. The van der Waals surface area contributed by atoms with Gasteiger partial charge in [-0.1, -0.05) is 0 Å². The number of pyridine rings is 2. The van der Waals surface area contributed by atoms with E-state index < -0.39 is 9.84 Å². The number of H-pyrrole nitrogens is 1. The molecular formula is C17H18N6O3S. The average molecular weight is 386 g/mol. The normalized spacial score (nSPS) is 14.3. The molecule has 0 aromatic carbocycles. The van der Waals surface area contributed by atoms with E-state index >= 15 is 0 Å². The molecule has 1 aliphatic rings. The van der Waals surface area contributed by atoms with E-state index in [2.05, 4.69) is 30.6 Å². The molecule has 140 valence electrons. The third-order valence-corrected chi connectivity index (χ3v) is 5.32. The second-order valence-electron chi connectivity index (χ2n) is 6.59. The molecule has 3 heterocycles. The quantitative estimate of drug-likeness (QED) is 0.612. The number of amides is 1. The predicted octanol–water partition coefficient (Wildman–Crippen LogP) is 2.16. The monoisotopic (exact) mass is 386 g/mol. The summed E-state index contributed by atoms with van der Waals surface area (Å²) in [6.45, 7) is 1.79. The van der Waals surface area contributed by atoms with E-state index in [4.69, 9.17) is 0 Å². The van der Waals surface area contributed by atoms with Crippen molar-refractivity contribution >= 4 is 44.2 Å². The third kappa shape index (κ3) is 3.61. The van der Waals surface area contributed by atoms with E-state index in [-0.39, 0.29) is 22.5 Å². The molecule has 10 heteroatoms. The Kier molecular flexibility index (Phi) is 4.06. The molecule has 9 nitrogen and oxygen atoms in total. The number of rotatable bonds is 5. The summed E-state index contributed by atoms with van der Waals surface area (Å²) in [5.74, 6) is 1.17. The highest BCUT2D eigenvalue weighted by atomic mass is 32.2. The van der Waals surface area contributed by atoms with Crippen molar-refractivity contribution in [1.82, 2.24) is 19.9 Å². The molecule has 3 N–H and O–H groups in total. The van der Waals surface area contributed by atoms with Crippen LogP contribution in [-0.2, 0) is 14.6 Å². The maximum absolute atomic E-state index is 12.1. The molecule has 0 radical (unpaired) electrons. The Bertz CT molecular complexity index is 1150. The number of aromatic amines is 1. The topological polar surface area (TPSA) is 130 Å². The van der Waals surface area contributed by atoms with Crippen molar-refractivity contribution in [2.24, 2.45) is 5.92 Å². The smallest absolute Gasteiger partial charge is 0.228 e. The van der Waals surface area contributed by atoms with Crippen molar-refractivity contribution in [3.63, 3.8) is 0 Å². The standard InChI is InChI=1S/C17H18N6O3S/c1-9-19-14-11(21-15-12(27(2,25)26)4-3-7-18-15)8-13(22-16(14)20-9)23-17(24)10-5-6-10/h3-4,7-8,10H,5-6H2,1-2H3,(H3,18,19,20,21,22,23,24). The van der Waals surface area contributed by atoms with Gasteiger partial charge < -0.3 is 15.6 Å². The van der Waals surface area contributed by atoms with Gasteiger partial charge >= 0.3 is 0 Å². The molecule has 4 rings (SSSR count). The summed E-state index contributed by atoms with van der Waals surface area (Å²) in [5.41, 5.74) is 1.52. The van der Waals surface area contributed by atoms with Crippen LogP contribution in [0.4, 0.5) is 17.3 Å². The minimum atomic E-state index is -3.47. The molecule has 0 spiro atoms. The van der Waals surface area contributed by atoms with Gasteiger partial charge in [0.2, 0.25) is 5.91 Å². The minimum absolute atomic E-state index is 0.0371. The van der Waals surface area contributed by atoms with Crippen molar-refractivity contribution < 1.29 is 13.2 Å². The maximum Gasteiger partial charge on any atom is 0.228 e. The van der Waals surface area contributed by atoms with E-state index in [0.29, 0.717) is 28.5 Å². The number of imidazole rings is 1. The minimum Gasteiger partial charge on any atom is -0.337 e. The lowest BCUT2D eigenvalue weighted by atomic mass is 10.3. The number of aryl methyl sites for hydroxylation is 1. The average Bonchev–Trinajstić information content (AvgIpc) is 3.37. The number of carbonyl (C=O) groups is 1. The van der Waals surface area contributed by atoms with Crippen LogP contribution in [0.15, 0.2) is 29.3 Å². The summed E-state index contributed by atoms with van der Waals surface area (Å²) in [6.07, 6.45) is 4.39. The van der Waals surface area contributed by atoms with E-state index in [1.165, 1.54) is 12.3 Å². The van der Waals surface area contributed by atoms with Gasteiger partial charge in [-0.05, 0) is 31.9 Å². The Morgan fingerprint density at radius 1 is 1.30 bits per heavy atom. The molecule has 1 saturated carbocycles. The van der Waals surface area contributed by atoms with Crippen molar-refractivity contribution in [1.29, 1.82) is 0 Å². The fourth-order valence-electron chi connectivity index (χ4n) is 2.75. The van der Waals surface area contributed by atoms with Crippen LogP contribution in [0.25, 0.3) is 11.2 Å². The van der Waals surface area contributed by atoms with Crippen LogP contribution in [-0.4, -0.2) is 40.5 Å². The highest BCUT2D eigenvalue weighted by Crippen LogP contribution is 2.32. The number of hydrogen-bond donors (Lipinski definition) is 3. The Balaban J connectivity index is 1.77. The van der Waals surface area contributed by atoms with Gasteiger partial charge in [0.1, 0.15) is 27.9 Å². The highest BCUT2D eigenvalue weighted by Gasteiger charge is 2.30. The van der Waals surface area contributed by atoms with Crippen molar-refractivity contribution in [3.8, 4) is 0 Å². The van der Waals surface area contributed by atoms with E-state index in [1.54, 1.807) is 19.1 Å². The van der Waals surface area contributed by atoms with Crippen LogP contribution < -0.4 is 10.6 Å². The fraction of sp³-hybridized carbons (Fsp3) is 0.294. The molecule has 0 bridgehead atoms. The number of nitrogens with zero attached hydrogens (tertiary/aromatic N) is 3. The first-order valence-corrected chi connectivity index (χ1v) is 10.3. The van der Waals surface area contributed by atoms with Crippen LogP contribution in [0.1, 0.15) is 18.7 Å². The summed E-state index contributed by atoms with van der Waals surface area (Å²) >= 11 is 0. The van der Waals surface area contributed by atoms with Crippen LogP contribution >= 0.6 is 0 Å². The largest absolute Gasteiger partial charge is 0.337 e. The molecule has 3 aromatic heterocycles. The zero-order valence-electron chi connectivity index (χ0n) is 14.8. The lowest BCUT2D eigenvalue weighted by Crippen LogP contribution is -2.14. The van der Waals surface area contributed by atoms with Crippen molar-refractivity contribution in [2.75, 3.05) is 16.9 Å². The first-order valence-electron chi connectivity index (χ1n) is 8.41. The van der Waals surface area contributed by atoms with Gasteiger partial charge in [0, 0.05) is 24.4 Å². The maximum atomic E-state index is 12.1. The zero-order valence-corrected chi connectivity index (χ0v) is 15.6. The Morgan fingerprint density at radius 2 is 2.07 bits per heavy atom. The van der Waals surface area contributed by atoms with Gasteiger partial charge in [-0.15, -0.1) is 0 Å². The number of nitrogens with one attached hydrogen (secondary N) is 3. The molecule has 1 fully saturated rings. The van der Waals surface area contributed by atoms with Crippen molar-refractivity contribution in [3.05, 3.63) is 30.2 Å². The predicted molar refractivity (Wildman–Crippen MR) is 101 cm³/mol. The van der Waals surface area contributed by atoms with E-state index in [0.717, 1.165) is 19.1 Å². The van der Waals surface area contributed by atoms with Gasteiger partial charge in [-0.2, -0.15) is 0 Å². The molecular weight excluding hydrogens is 368 g/mol. The van der Waals surface area contributed by atoms with Crippen molar-refractivity contribution in [2.45, 2.75) is 24.7 Å². The number of anilines is 3. The van der Waals surface area contributed by atoms with Gasteiger partial charge in [0.25, 0.3) is 0 Å². The molecule has 1 amide bonds. The third-order valence-electron chi connectivity index (χ3n) is 4.19. The number of aromatic nitrogens is 4. The highest BCUT2D eigenvalue weighted by molar-refractivity contribution is 7.90. The summed E-state index contributed by atoms with van der Waals surface area (Å²) in [7, 11) is -3.47. The van der Waals surface area contributed by atoms with Crippen LogP contribution in [0.2, 0.25) is 0 Å². The van der Waals surface area contributed by atoms with Gasteiger partial charge in [-0.3, -0.25) is 4.79 Å². The Labute approximate surface area is 155 Å². The van der Waals surface area contributed by atoms with E-state index in [1.807, 2.05) is 0 Å². The second-order valence-corrected chi connectivity index (χ2v) is 8.57. The molecule has 1 aliphatic carbocycles. The van der Waals surface area contributed by atoms with Crippen LogP contribution in [0, 0.1) is 12.8 Å². The molecule has 0 unspecified atom stereocenters.